The second kappa shape index (κ2) is 4.46. The van der Waals surface area contributed by atoms with Crippen molar-refractivity contribution in [2.45, 2.75) is 32.5 Å². The fraction of sp³-hybridized carbons (Fsp3) is 0.917. The summed E-state index contributed by atoms with van der Waals surface area (Å²) in [7, 11) is 0. The Bertz CT molecular complexity index is 285. The van der Waals surface area contributed by atoms with E-state index in [4.69, 9.17) is 9.47 Å². The Morgan fingerprint density at radius 2 is 1.82 bits per heavy atom. The number of fused-ring (bicyclic) bond motifs is 2. The zero-order valence-electron chi connectivity index (χ0n) is 10.7. The third-order valence-electron chi connectivity index (χ3n) is 3.19. The molecule has 2 atom stereocenters. The van der Waals surface area contributed by atoms with Crippen molar-refractivity contribution in [1.29, 1.82) is 0 Å². The zero-order valence-corrected chi connectivity index (χ0v) is 10.7. The van der Waals surface area contributed by atoms with Crippen molar-refractivity contribution in [3.63, 3.8) is 0 Å². The maximum absolute atomic E-state index is 11.9. The smallest absolute Gasteiger partial charge is 0.410 e. The molecule has 0 spiro atoms. The quantitative estimate of drug-likeness (QED) is 0.685. The molecule has 5 heteroatoms. The van der Waals surface area contributed by atoms with Crippen LogP contribution < -0.4 is 0 Å². The maximum atomic E-state index is 11.9. The SMILES string of the molecule is CC(C)(C)OC(=O)N1CC2COCC(C1)C2O. The van der Waals surface area contributed by atoms with E-state index in [2.05, 4.69) is 0 Å². The van der Waals surface area contributed by atoms with Gasteiger partial charge in [0, 0.05) is 24.9 Å². The molecule has 5 nitrogen and oxygen atoms in total. The number of piperidine rings is 1. The molecular weight excluding hydrogens is 222 g/mol. The van der Waals surface area contributed by atoms with E-state index in [1.807, 2.05) is 20.8 Å². The molecule has 0 saturated carbocycles. The van der Waals surface area contributed by atoms with Gasteiger partial charge in [0.05, 0.1) is 19.3 Å². The number of carbonyl (C=O) groups excluding carboxylic acids is 1. The fourth-order valence-corrected chi connectivity index (χ4v) is 2.39. The molecule has 2 heterocycles. The topological polar surface area (TPSA) is 59.0 Å². The van der Waals surface area contributed by atoms with Crippen molar-refractivity contribution < 1.29 is 19.4 Å². The van der Waals surface area contributed by atoms with Gasteiger partial charge in [-0.25, -0.2) is 4.79 Å². The predicted molar refractivity (Wildman–Crippen MR) is 61.6 cm³/mol. The first-order valence-corrected chi connectivity index (χ1v) is 6.10. The second-order valence-corrected chi connectivity index (χ2v) is 5.93. The zero-order chi connectivity index (χ0) is 12.6. The monoisotopic (exact) mass is 243 g/mol. The van der Waals surface area contributed by atoms with E-state index in [0.717, 1.165) is 0 Å². The van der Waals surface area contributed by atoms with Crippen molar-refractivity contribution in [3.8, 4) is 0 Å². The molecule has 0 aliphatic carbocycles. The van der Waals surface area contributed by atoms with E-state index in [1.165, 1.54) is 0 Å². The van der Waals surface area contributed by atoms with Crippen LogP contribution in [0, 0.1) is 11.8 Å². The van der Waals surface area contributed by atoms with Gasteiger partial charge in [0.25, 0.3) is 0 Å². The summed E-state index contributed by atoms with van der Waals surface area (Å²) in [6.45, 7) is 7.65. The van der Waals surface area contributed by atoms with Gasteiger partial charge in [-0.15, -0.1) is 0 Å². The molecular formula is C12H21NO4. The van der Waals surface area contributed by atoms with Gasteiger partial charge >= 0.3 is 6.09 Å². The molecule has 2 rings (SSSR count). The first kappa shape index (κ1) is 12.6. The van der Waals surface area contributed by atoms with Crippen molar-refractivity contribution in [3.05, 3.63) is 0 Å². The van der Waals surface area contributed by atoms with Gasteiger partial charge in [-0.3, -0.25) is 0 Å². The summed E-state index contributed by atoms with van der Waals surface area (Å²) < 4.78 is 10.7. The molecule has 2 aliphatic rings. The van der Waals surface area contributed by atoms with Crippen LogP contribution in [-0.2, 0) is 9.47 Å². The molecule has 0 aromatic heterocycles. The Kier molecular flexibility index (Phi) is 3.32. The summed E-state index contributed by atoms with van der Waals surface area (Å²) in [4.78, 5) is 13.6. The van der Waals surface area contributed by atoms with Crippen molar-refractivity contribution >= 4 is 6.09 Å². The van der Waals surface area contributed by atoms with E-state index in [0.29, 0.717) is 26.3 Å². The number of likely N-dealkylation sites (tertiary alicyclic amines) is 1. The Hall–Kier alpha value is -0.810. The number of nitrogens with zero attached hydrogens (tertiary/aromatic N) is 1. The molecule has 2 unspecified atom stereocenters. The van der Waals surface area contributed by atoms with Crippen LogP contribution in [0.25, 0.3) is 0 Å². The average molecular weight is 243 g/mol. The molecule has 0 radical (unpaired) electrons. The summed E-state index contributed by atoms with van der Waals surface area (Å²) in [5.74, 6) is 0.0463. The number of ether oxygens (including phenoxy) is 2. The number of aliphatic hydroxyl groups is 1. The van der Waals surface area contributed by atoms with Crippen molar-refractivity contribution in [1.82, 2.24) is 4.90 Å². The minimum atomic E-state index is -0.473. The average Bonchev–Trinajstić information content (AvgIpc) is 2.13. The van der Waals surface area contributed by atoms with Gasteiger partial charge in [0.15, 0.2) is 0 Å². The molecule has 0 aromatic rings. The number of hydrogen-bond acceptors (Lipinski definition) is 4. The maximum Gasteiger partial charge on any atom is 0.410 e. The Balaban J connectivity index is 1.97. The van der Waals surface area contributed by atoms with Gasteiger partial charge in [0.1, 0.15) is 5.60 Å². The van der Waals surface area contributed by atoms with Crippen molar-refractivity contribution in [2.75, 3.05) is 26.3 Å². The van der Waals surface area contributed by atoms with Gasteiger partial charge in [-0.1, -0.05) is 0 Å². The number of rotatable bonds is 0. The molecule has 2 saturated heterocycles. The molecule has 2 aliphatic heterocycles. The Morgan fingerprint density at radius 1 is 1.29 bits per heavy atom. The van der Waals surface area contributed by atoms with Crippen LogP contribution in [0.5, 0.6) is 0 Å². The van der Waals surface area contributed by atoms with E-state index in [1.54, 1.807) is 4.90 Å². The number of hydrogen-bond donors (Lipinski definition) is 1. The van der Waals surface area contributed by atoms with Gasteiger partial charge < -0.3 is 19.5 Å². The van der Waals surface area contributed by atoms with Crippen molar-refractivity contribution in [2.24, 2.45) is 11.8 Å². The molecule has 0 aromatic carbocycles. The highest BCUT2D eigenvalue weighted by molar-refractivity contribution is 5.68. The normalized spacial score (nSPS) is 33.4. The first-order valence-electron chi connectivity index (χ1n) is 6.10. The number of amides is 1. The standard InChI is InChI=1S/C12H21NO4/c1-12(2,3)17-11(15)13-4-8-6-16-7-9(5-13)10(8)14/h8-10,14H,4-7H2,1-3H3. The fourth-order valence-electron chi connectivity index (χ4n) is 2.39. The minimum Gasteiger partial charge on any atom is -0.444 e. The third kappa shape index (κ3) is 2.90. The van der Waals surface area contributed by atoms with Crippen LogP contribution in [0.3, 0.4) is 0 Å². The van der Waals surface area contributed by atoms with Crippen LogP contribution >= 0.6 is 0 Å². The minimum absolute atomic E-state index is 0.0232. The molecule has 1 amide bonds. The summed E-state index contributed by atoms with van der Waals surface area (Å²) in [5, 5.41) is 9.96. The Labute approximate surface area is 102 Å². The highest BCUT2D eigenvalue weighted by Gasteiger charge is 2.41. The predicted octanol–water partition coefficient (Wildman–Crippen LogP) is 0.861. The lowest BCUT2D eigenvalue weighted by Crippen LogP contribution is -2.57. The van der Waals surface area contributed by atoms with E-state index < -0.39 is 5.60 Å². The van der Waals surface area contributed by atoms with Crippen LogP contribution in [0.15, 0.2) is 0 Å². The molecule has 1 N–H and O–H groups in total. The van der Waals surface area contributed by atoms with Gasteiger partial charge in [0.2, 0.25) is 0 Å². The van der Waals surface area contributed by atoms with E-state index in [-0.39, 0.29) is 24.0 Å². The molecule has 2 fully saturated rings. The van der Waals surface area contributed by atoms with E-state index in [9.17, 15) is 9.90 Å². The molecule has 98 valence electrons. The van der Waals surface area contributed by atoms with Crippen LogP contribution in [-0.4, -0.2) is 54.1 Å². The lowest BCUT2D eigenvalue weighted by Gasteiger charge is -2.44. The summed E-state index contributed by atoms with van der Waals surface area (Å²) in [6.07, 6.45) is -0.635. The van der Waals surface area contributed by atoms with Gasteiger partial charge in [-0.2, -0.15) is 0 Å². The van der Waals surface area contributed by atoms with Crippen LogP contribution in [0.2, 0.25) is 0 Å². The van der Waals surface area contributed by atoms with E-state index >= 15 is 0 Å². The lowest BCUT2D eigenvalue weighted by molar-refractivity contribution is -0.122. The molecule has 2 bridgehead atoms. The number of carbonyl (C=O) groups is 1. The second-order valence-electron chi connectivity index (χ2n) is 5.93. The van der Waals surface area contributed by atoms with Crippen LogP contribution in [0.1, 0.15) is 20.8 Å². The summed E-state index contributed by atoms with van der Waals surface area (Å²) in [6, 6.07) is 0. The Morgan fingerprint density at radius 3 is 2.29 bits per heavy atom. The lowest BCUT2D eigenvalue weighted by atomic mass is 9.85. The summed E-state index contributed by atoms with van der Waals surface area (Å²) in [5.41, 5.74) is -0.473. The highest BCUT2D eigenvalue weighted by atomic mass is 16.6. The van der Waals surface area contributed by atoms with Gasteiger partial charge in [-0.05, 0) is 20.8 Å². The third-order valence-corrected chi connectivity index (χ3v) is 3.19. The summed E-state index contributed by atoms with van der Waals surface area (Å²) >= 11 is 0. The number of aliphatic hydroxyl groups excluding tert-OH is 1. The van der Waals surface area contributed by atoms with Crippen LogP contribution in [0.4, 0.5) is 4.79 Å². The largest absolute Gasteiger partial charge is 0.444 e. The highest BCUT2D eigenvalue weighted by Crippen LogP contribution is 2.28. The molecule has 17 heavy (non-hydrogen) atoms. The first-order chi connectivity index (χ1) is 7.87.